The van der Waals surface area contributed by atoms with Gasteiger partial charge in [0.05, 0.1) is 19.5 Å². The van der Waals surface area contributed by atoms with Crippen molar-refractivity contribution in [3.63, 3.8) is 0 Å². The Morgan fingerprint density at radius 3 is 2.77 bits per heavy atom. The van der Waals surface area contributed by atoms with Gasteiger partial charge in [-0.25, -0.2) is 13.9 Å². The van der Waals surface area contributed by atoms with Crippen LogP contribution in [0.25, 0.3) is 11.2 Å². The number of nitrogens with one attached hydrogen (secondary N) is 2. The minimum atomic E-state index is -4.30. The zero-order chi connectivity index (χ0) is 29.1. The van der Waals surface area contributed by atoms with Crippen LogP contribution in [0.5, 0.6) is 5.75 Å². The molecule has 0 spiro atoms. The van der Waals surface area contributed by atoms with E-state index in [1.165, 1.54) is 30.0 Å². The molecule has 5 N–H and O–H groups in total. The van der Waals surface area contributed by atoms with Crippen molar-refractivity contribution < 1.29 is 37.4 Å². The van der Waals surface area contributed by atoms with Crippen LogP contribution in [0.1, 0.15) is 20.1 Å². The fraction of sp³-hybridized carbons (Fsp3) is 0.417. The largest absolute Gasteiger partial charge is 0.465 e. The van der Waals surface area contributed by atoms with E-state index in [2.05, 4.69) is 31.9 Å². The number of aromatic nitrogens is 4. The SMILES string of the molecule is C=C[C@@]1(F)[C@H](O)[C@@H](CO[P@](=O)(N[C@@H](C)C(=O)OCC)Oc2ccccc2)O[C@H]1n1cnc2c(NC)nc(N)nc21. The number of anilines is 2. The van der Waals surface area contributed by atoms with Crippen molar-refractivity contribution in [3.8, 4) is 5.75 Å². The van der Waals surface area contributed by atoms with E-state index in [0.29, 0.717) is 11.3 Å². The number of nitrogens with two attached hydrogens (primary N) is 1. The number of carbonyl (C=O) groups is 1. The molecule has 2 aromatic heterocycles. The van der Waals surface area contributed by atoms with Gasteiger partial charge in [-0.15, -0.1) is 0 Å². The molecule has 216 valence electrons. The Morgan fingerprint density at radius 2 is 2.12 bits per heavy atom. The first-order valence-corrected chi connectivity index (χ1v) is 13.9. The number of esters is 1. The summed E-state index contributed by atoms with van der Waals surface area (Å²) in [6, 6.07) is 7.00. The van der Waals surface area contributed by atoms with Gasteiger partial charge in [-0.3, -0.25) is 13.9 Å². The standard InChI is InChI=1S/C24H31FN7O7P/c1-5-24(25)18(33)16(38-22(24)32-13-28-17-19(27-4)29-23(26)30-20(17)32)12-37-40(35,31-14(3)21(34)36-6-2)39-15-10-8-7-9-11-15/h5,7-11,13-14,16,18,22,33H,1,6,12H2,2-4H3,(H,31,35)(H3,26,27,29,30)/t14-,16+,18+,22+,24+,40+/m0/s1. The molecule has 0 saturated carbocycles. The number of nitrogens with zero attached hydrogens (tertiary/aromatic N) is 4. The molecule has 1 saturated heterocycles. The lowest BCUT2D eigenvalue weighted by atomic mass is 9.96. The third kappa shape index (κ3) is 5.78. The van der Waals surface area contributed by atoms with E-state index in [-0.39, 0.29) is 24.0 Å². The Morgan fingerprint density at radius 1 is 1.40 bits per heavy atom. The van der Waals surface area contributed by atoms with Gasteiger partial charge in [-0.1, -0.05) is 24.8 Å². The van der Waals surface area contributed by atoms with Gasteiger partial charge in [-0.05, 0) is 32.1 Å². The molecule has 1 aliphatic heterocycles. The summed E-state index contributed by atoms with van der Waals surface area (Å²) in [6.07, 6.45) is -2.51. The highest BCUT2D eigenvalue weighted by Gasteiger charge is 2.57. The lowest BCUT2D eigenvalue weighted by Crippen LogP contribution is -2.42. The molecule has 0 bridgehead atoms. The Labute approximate surface area is 229 Å². The summed E-state index contributed by atoms with van der Waals surface area (Å²) in [4.78, 5) is 24.6. The van der Waals surface area contributed by atoms with Crippen molar-refractivity contribution in [1.82, 2.24) is 24.6 Å². The molecule has 1 aromatic carbocycles. The molecule has 0 radical (unpaired) electrons. The lowest BCUT2D eigenvalue weighted by molar-refractivity contribution is -0.144. The molecule has 0 amide bonds. The van der Waals surface area contributed by atoms with Crippen molar-refractivity contribution in [3.05, 3.63) is 49.3 Å². The number of alkyl halides is 1. The second-order valence-corrected chi connectivity index (χ2v) is 10.5. The van der Waals surface area contributed by atoms with Crippen LogP contribution in [0.4, 0.5) is 16.2 Å². The first-order valence-electron chi connectivity index (χ1n) is 12.3. The maximum absolute atomic E-state index is 16.2. The van der Waals surface area contributed by atoms with E-state index in [9.17, 15) is 14.5 Å². The maximum atomic E-state index is 16.2. The fourth-order valence-corrected chi connectivity index (χ4v) is 5.63. The van der Waals surface area contributed by atoms with E-state index in [4.69, 9.17) is 24.3 Å². The number of halogens is 1. The molecule has 3 aromatic rings. The van der Waals surface area contributed by atoms with Gasteiger partial charge in [0.1, 0.15) is 24.0 Å². The molecule has 0 unspecified atom stereocenters. The van der Waals surface area contributed by atoms with Crippen molar-refractivity contribution >= 4 is 36.6 Å². The van der Waals surface area contributed by atoms with Crippen LogP contribution in [0.3, 0.4) is 0 Å². The molecule has 1 fully saturated rings. The average molecular weight is 580 g/mol. The van der Waals surface area contributed by atoms with Crippen LogP contribution in [-0.4, -0.2) is 74.8 Å². The Bertz CT molecular complexity index is 1410. The predicted molar refractivity (Wildman–Crippen MR) is 143 cm³/mol. The smallest absolute Gasteiger partial charge is 0.459 e. The van der Waals surface area contributed by atoms with Crippen molar-refractivity contribution in [1.29, 1.82) is 0 Å². The highest BCUT2D eigenvalue weighted by molar-refractivity contribution is 7.52. The molecule has 14 nitrogen and oxygen atoms in total. The van der Waals surface area contributed by atoms with Crippen LogP contribution in [0, 0.1) is 0 Å². The number of aliphatic hydroxyl groups is 1. The molecule has 4 rings (SSSR count). The van der Waals surface area contributed by atoms with Crippen LogP contribution >= 0.6 is 7.75 Å². The number of rotatable bonds is 12. The quantitative estimate of drug-likeness (QED) is 0.139. The van der Waals surface area contributed by atoms with Crippen molar-refractivity contribution in [2.75, 3.05) is 31.3 Å². The minimum Gasteiger partial charge on any atom is -0.465 e. The molecule has 1 aliphatic rings. The first kappa shape index (κ1) is 29.4. The Hall–Kier alpha value is -3.62. The molecular formula is C24H31FN7O7P. The Balaban J connectivity index is 1.60. The number of ether oxygens (including phenoxy) is 2. The van der Waals surface area contributed by atoms with E-state index < -0.39 is 50.5 Å². The number of para-hydroxylation sites is 1. The summed E-state index contributed by atoms with van der Waals surface area (Å²) >= 11 is 0. The van der Waals surface area contributed by atoms with E-state index in [0.717, 1.165) is 6.08 Å². The molecule has 0 aliphatic carbocycles. The number of nitrogen functional groups attached to an aromatic ring is 1. The minimum absolute atomic E-state index is 0.0964. The summed E-state index contributed by atoms with van der Waals surface area (Å²) in [7, 11) is -2.68. The summed E-state index contributed by atoms with van der Waals surface area (Å²) in [5.74, 6) is -0.304. The molecular weight excluding hydrogens is 548 g/mol. The number of benzene rings is 1. The van der Waals surface area contributed by atoms with Gasteiger partial charge < -0.3 is 30.2 Å². The van der Waals surface area contributed by atoms with E-state index >= 15 is 4.39 Å². The number of carbonyl (C=O) groups excluding carboxylic acids is 1. The van der Waals surface area contributed by atoms with Crippen LogP contribution < -0.4 is 20.7 Å². The van der Waals surface area contributed by atoms with Crippen molar-refractivity contribution in [2.24, 2.45) is 0 Å². The number of imidazole rings is 1. The number of fused-ring (bicyclic) bond motifs is 1. The van der Waals surface area contributed by atoms with Gasteiger partial charge in [0.2, 0.25) is 11.6 Å². The van der Waals surface area contributed by atoms with E-state index in [1.54, 1.807) is 32.2 Å². The van der Waals surface area contributed by atoms with Gasteiger partial charge >= 0.3 is 13.7 Å². The highest BCUT2D eigenvalue weighted by Crippen LogP contribution is 2.48. The van der Waals surface area contributed by atoms with Crippen LogP contribution in [0.15, 0.2) is 49.3 Å². The third-order valence-corrected chi connectivity index (χ3v) is 7.74. The van der Waals surface area contributed by atoms with Gasteiger partial charge in [-0.2, -0.15) is 15.1 Å². The predicted octanol–water partition coefficient (Wildman–Crippen LogP) is 2.35. The topological polar surface area (TPSA) is 185 Å². The summed E-state index contributed by atoms with van der Waals surface area (Å²) < 4.78 is 53.2. The molecule has 3 heterocycles. The molecule has 6 atom stereocenters. The number of hydrogen-bond acceptors (Lipinski definition) is 12. The number of aliphatic hydroxyl groups excluding tert-OH is 1. The second-order valence-electron chi connectivity index (χ2n) is 8.81. The number of hydrogen-bond donors (Lipinski definition) is 4. The summed E-state index contributed by atoms with van der Waals surface area (Å²) in [6.45, 7) is 6.08. The average Bonchev–Trinajstić information content (AvgIpc) is 3.46. The fourth-order valence-electron chi connectivity index (χ4n) is 4.12. The lowest BCUT2D eigenvalue weighted by Gasteiger charge is -2.26. The monoisotopic (exact) mass is 579 g/mol. The van der Waals surface area contributed by atoms with Crippen LogP contribution in [-0.2, 0) is 23.4 Å². The second kappa shape index (κ2) is 11.9. The Kier molecular flexibility index (Phi) is 8.71. The first-order chi connectivity index (χ1) is 19.0. The normalized spacial score (nSPS) is 24.8. The molecule has 16 heteroatoms. The van der Waals surface area contributed by atoms with Gasteiger partial charge in [0.25, 0.3) is 0 Å². The third-order valence-electron chi connectivity index (χ3n) is 6.10. The van der Waals surface area contributed by atoms with Gasteiger partial charge in [0, 0.05) is 7.05 Å². The summed E-state index contributed by atoms with van der Waals surface area (Å²) in [5, 5.41) is 16.3. The summed E-state index contributed by atoms with van der Waals surface area (Å²) in [5.41, 5.74) is 3.70. The zero-order valence-corrected chi connectivity index (χ0v) is 23.0. The van der Waals surface area contributed by atoms with Crippen molar-refractivity contribution in [2.45, 2.75) is 44.0 Å². The van der Waals surface area contributed by atoms with Gasteiger partial charge in [0.15, 0.2) is 23.2 Å². The maximum Gasteiger partial charge on any atom is 0.459 e. The van der Waals surface area contributed by atoms with Crippen LogP contribution in [0.2, 0.25) is 0 Å². The highest BCUT2D eigenvalue weighted by atomic mass is 31.2. The van der Waals surface area contributed by atoms with E-state index in [1.807, 2.05) is 0 Å². The molecule has 40 heavy (non-hydrogen) atoms. The zero-order valence-electron chi connectivity index (χ0n) is 22.1.